The molecule has 0 spiro atoms. The van der Waals surface area contributed by atoms with Gasteiger partial charge in [-0.2, -0.15) is 0 Å². The third-order valence-electron chi connectivity index (χ3n) is 5.41. The van der Waals surface area contributed by atoms with Crippen LogP contribution in [0.15, 0.2) is 29.3 Å². The number of nitrogens with one attached hydrogen (secondary N) is 2. The lowest BCUT2D eigenvalue weighted by Gasteiger charge is -2.32. The van der Waals surface area contributed by atoms with Crippen LogP contribution in [0, 0.1) is 0 Å². The Balaban J connectivity index is 0.00000300. The van der Waals surface area contributed by atoms with E-state index in [1.807, 2.05) is 38.2 Å². The number of rotatable bonds is 6. The number of guanidine groups is 1. The summed E-state index contributed by atoms with van der Waals surface area (Å²) in [5.41, 5.74) is 1.78. The zero-order chi connectivity index (χ0) is 19.8. The Labute approximate surface area is 191 Å². The number of amides is 1. The predicted molar refractivity (Wildman–Crippen MR) is 127 cm³/mol. The van der Waals surface area contributed by atoms with Gasteiger partial charge in [-0.15, -0.1) is 24.0 Å². The number of halogens is 1. The third-order valence-corrected chi connectivity index (χ3v) is 5.41. The van der Waals surface area contributed by atoms with E-state index in [1.54, 1.807) is 0 Å². The molecule has 0 saturated carbocycles. The Morgan fingerprint density at radius 1 is 1.24 bits per heavy atom. The van der Waals surface area contributed by atoms with Gasteiger partial charge in [0.05, 0.1) is 13.2 Å². The number of ether oxygens (including phenoxy) is 1. The van der Waals surface area contributed by atoms with Crippen molar-refractivity contribution in [3.63, 3.8) is 0 Å². The molecular weight excluding hydrogens is 481 g/mol. The molecular formula is C21H34IN5O2. The molecule has 2 N–H and O–H groups in total. The van der Waals surface area contributed by atoms with Gasteiger partial charge >= 0.3 is 0 Å². The van der Waals surface area contributed by atoms with Gasteiger partial charge in [0.2, 0.25) is 0 Å². The first-order chi connectivity index (χ1) is 13.7. The molecule has 2 heterocycles. The average molecular weight is 515 g/mol. The summed E-state index contributed by atoms with van der Waals surface area (Å²) in [7, 11) is 1.83. The minimum Gasteiger partial charge on any atom is -0.379 e. The molecule has 7 nitrogen and oxygen atoms in total. The van der Waals surface area contributed by atoms with Crippen molar-refractivity contribution in [1.82, 2.24) is 20.4 Å². The second-order valence-electron chi connectivity index (χ2n) is 7.39. The predicted octanol–water partition coefficient (Wildman–Crippen LogP) is 1.93. The fraction of sp³-hybridized carbons (Fsp3) is 0.619. The van der Waals surface area contributed by atoms with E-state index in [2.05, 4.69) is 25.4 Å². The number of benzene rings is 1. The summed E-state index contributed by atoms with van der Waals surface area (Å²) in [6.45, 7) is 9.15. The van der Waals surface area contributed by atoms with Gasteiger partial charge in [-0.05, 0) is 30.5 Å². The zero-order valence-electron chi connectivity index (χ0n) is 17.5. The summed E-state index contributed by atoms with van der Waals surface area (Å²) in [4.78, 5) is 21.5. The van der Waals surface area contributed by atoms with E-state index in [0.717, 1.165) is 63.8 Å². The van der Waals surface area contributed by atoms with Crippen molar-refractivity contribution in [2.75, 3.05) is 53.0 Å². The van der Waals surface area contributed by atoms with E-state index in [4.69, 9.17) is 4.74 Å². The number of nitrogens with zero attached hydrogens (tertiary/aromatic N) is 3. The average Bonchev–Trinajstić information content (AvgIpc) is 3.23. The number of aliphatic imine (C=N–C) groups is 1. The van der Waals surface area contributed by atoms with E-state index in [-0.39, 0.29) is 29.9 Å². The Bertz CT molecular complexity index is 679. The molecule has 1 aromatic rings. The second kappa shape index (κ2) is 12.3. The van der Waals surface area contributed by atoms with E-state index < -0.39 is 0 Å². The molecule has 0 bridgehead atoms. The molecule has 1 amide bonds. The highest BCUT2D eigenvalue weighted by Crippen LogP contribution is 2.17. The standard InChI is InChI=1S/C21H33N5O2.HI/c1-3-8-23-20(27)18-6-4-5-17(14-18)15-24-21(22-2)26-9-7-19(16-26)25-10-12-28-13-11-25;/h4-6,14,19H,3,7-13,15-16H2,1-2H3,(H,22,24)(H,23,27);1H. The van der Waals surface area contributed by atoms with E-state index >= 15 is 0 Å². The van der Waals surface area contributed by atoms with Crippen LogP contribution in [0.4, 0.5) is 0 Å². The van der Waals surface area contributed by atoms with Crippen molar-refractivity contribution in [1.29, 1.82) is 0 Å². The quantitative estimate of drug-likeness (QED) is 0.345. The van der Waals surface area contributed by atoms with E-state index in [0.29, 0.717) is 24.7 Å². The van der Waals surface area contributed by atoms with Crippen molar-refractivity contribution in [2.24, 2.45) is 4.99 Å². The minimum atomic E-state index is -0.0130. The van der Waals surface area contributed by atoms with Gasteiger partial charge in [0.25, 0.3) is 5.91 Å². The maximum Gasteiger partial charge on any atom is 0.251 e. The fourth-order valence-corrected chi connectivity index (χ4v) is 3.85. The second-order valence-corrected chi connectivity index (χ2v) is 7.39. The minimum absolute atomic E-state index is 0. The molecule has 29 heavy (non-hydrogen) atoms. The van der Waals surface area contributed by atoms with Crippen LogP contribution in [-0.4, -0.2) is 80.7 Å². The van der Waals surface area contributed by atoms with Gasteiger partial charge < -0.3 is 20.3 Å². The summed E-state index contributed by atoms with van der Waals surface area (Å²) in [6, 6.07) is 8.36. The molecule has 0 aromatic heterocycles. The first kappa shape index (κ1) is 23.9. The van der Waals surface area contributed by atoms with Crippen LogP contribution in [0.1, 0.15) is 35.7 Å². The van der Waals surface area contributed by atoms with Crippen LogP contribution in [0.3, 0.4) is 0 Å². The van der Waals surface area contributed by atoms with Gasteiger partial charge in [-0.25, -0.2) is 0 Å². The van der Waals surface area contributed by atoms with E-state index in [9.17, 15) is 4.79 Å². The highest BCUT2D eigenvalue weighted by atomic mass is 127. The van der Waals surface area contributed by atoms with Crippen LogP contribution < -0.4 is 10.6 Å². The first-order valence-electron chi connectivity index (χ1n) is 10.4. The Hall–Kier alpha value is -1.39. The number of carbonyl (C=O) groups excluding carboxylic acids is 1. The summed E-state index contributed by atoms with van der Waals surface area (Å²) >= 11 is 0. The number of hydrogen-bond acceptors (Lipinski definition) is 4. The topological polar surface area (TPSA) is 69.2 Å². The van der Waals surface area contributed by atoms with Gasteiger partial charge in [-0.1, -0.05) is 19.1 Å². The molecule has 1 atom stereocenters. The Morgan fingerprint density at radius 3 is 2.76 bits per heavy atom. The van der Waals surface area contributed by atoms with Crippen molar-refractivity contribution >= 4 is 35.8 Å². The molecule has 162 valence electrons. The summed E-state index contributed by atoms with van der Waals surface area (Å²) < 4.78 is 5.47. The largest absolute Gasteiger partial charge is 0.379 e. The van der Waals surface area contributed by atoms with Crippen molar-refractivity contribution in [3.8, 4) is 0 Å². The molecule has 8 heteroatoms. The fourth-order valence-electron chi connectivity index (χ4n) is 3.85. The summed E-state index contributed by atoms with van der Waals surface area (Å²) in [6.07, 6.45) is 2.10. The van der Waals surface area contributed by atoms with Crippen molar-refractivity contribution in [2.45, 2.75) is 32.4 Å². The molecule has 0 aliphatic carbocycles. The molecule has 2 aliphatic rings. The zero-order valence-corrected chi connectivity index (χ0v) is 19.9. The maximum atomic E-state index is 12.2. The van der Waals surface area contributed by atoms with Crippen LogP contribution in [0.2, 0.25) is 0 Å². The lowest BCUT2D eigenvalue weighted by atomic mass is 10.1. The maximum absolute atomic E-state index is 12.2. The number of morpholine rings is 1. The number of likely N-dealkylation sites (tertiary alicyclic amines) is 1. The van der Waals surface area contributed by atoms with Crippen LogP contribution >= 0.6 is 24.0 Å². The van der Waals surface area contributed by atoms with Gasteiger partial charge in [-0.3, -0.25) is 14.7 Å². The first-order valence-corrected chi connectivity index (χ1v) is 10.4. The Morgan fingerprint density at radius 2 is 2.03 bits per heavy atom. The van der Waals surface area contributed by atoms with Crippen LogP contribution in [0.5, 0.6) is 0 Å². The lowest BCUT2D eigenvalue weighted by molar-refractivity contribution is 0.0195. The smallest absolute Gasteiger partial charge is 0.251 e. The SMILES string of the molecule is CCCNC(=O)c1cccc(CNC(=NC)N2CCC(N3CCOCC3)C2)c1.I. The molecule has 2 fully saturated rings. The molecule has 0 radical (unpaired) electrons. The highest BCUT2D eigenvalue weighted by molar-refractivity contribution is 14.0. The molecule has 2 aliphatic heterocycles. The highest BCUT2D eigenvalue weighted by Gasteiger charge is 2.30. The van der Waals surface area contributed by atoms with Crippen LogP contribution in [0.25, 0.3) is 0 Å². The van der Waals surface area contributed by atoms with Crippen molar-refractivity contribution < 1.29 is 9.53 Å². The Kier molecular flexibility index (Phi) is 10.2. The monoisotopic (exact) mass is 515 g/mol. The third kappa shape index (κ3) is 6.82. The molecule has 1 aromatic carbocycles. The molecule has 1 unspecified atom stereocenters. The molecule has 2 saturated heterocycles. The van der Waals surface area contributed by atoms with E-state index in [1.165, 1.54) is 0 Å². The van der Waals surface area contributed by atoms with Gasteiger partial charge in [0.1, 0.15) is 0 Å². The number of hydrogen-bond donors (Lipinski definition) is 2. The normalized spacial score (nSPS) is 20.3. The summed E-state index contributed by atoms with van der Waals surface area (Å²) in [5.74, 6) is 0.914. The van der Waals surface area contributed by atoms with Crippen LogP contribution in [-0.2, 0) is 11.3 Å². The van der Waals surface area contributed by atoms with Gasteiger partial charge in [0, 0.05) is 57.9 Å². The number of carbonyl (C=O) groups is 1. The molecule has 3 rings (SSSR count). The van der Waals surface area contributed by atoms with Gasteiger partial charge in [0.15, 0.2) is 5.96 Å². The van der Waals surface area contributed by atoms with Crippen molar-refractivity contribution in [3.05, 3.63) is 35.4 Å². The summed E-state index contributed by atoms with van der Waals surface area (Å²) in [5, 5.41) is 6.39. The lowest BCUT2D eigenvalue weighted by Crippen LogP contribution is -2.46.